The van der Waals surface area contributed by atoms with Crippen LogP contribution in [0.4, 0.5) is 4.79 Å². The summed E-state index contributed by atoms with van der Waals surface area (Å²) in [7, 11) is 1.85. The topological polar surface area (TPSA) is 130 Å². The van der Waals surface area contributed by atoms with Crippen molar-refractivity contribution < 1.29 is 23.9 Å². The fraction of sp³-hybridized carbons (Fsp3) is 0.792. The maximum absolute atomic E-state index is 10.4. The van der Waals surface area contributed by atoms with Crippen LogP contribution >= 0.6 is 0 Å². The molecule has 1 saturated heterocycles. The number of aromatic amines is 1. The standard InChI is InChI=1S/C15H26O2.C5H7N3O4.2C2H6/c1-11(2)9-10-14-15(3,17-14)12-7-5-6-8-13(12)16-4;9-4(10)6-2-1-3-7-5(11)12-8-3;2*1-2/h9,12-14H,5-8,10H2,1-4H3;6H,1-2H2,(H,9,10)(H,7,8,11);2*1-2H3. The third-order valence-electron chi connectivity index (χ3n) is 5.58. The highest BCUT2D eigenvalue weighted by molar-refractivity contribution is 5.64. The van der Waals surface area contributed by atoms with E-state index in [1.54, 1.807) is 0 Å². The summed E-state index contributed by atoms with van der Waals surface area (Å²) in [4.78, 5) is 22.6. The van der Waals surface area contributed by atoms with Crippen LogP contribution < -0.4 is 11.1 Å². The van der Waals surface area contributed by atoms with Crippen LogP contribution in [-0.4, -0.2) is 52.8 Å². The van der Waals surface area contributed by atoms with Crippen molar-refractivity contribution in [1.82, 2.24) is 15.5 Å². The molecule has 9 heteroatoms. The third kappa shape index (κ3) is 11.0. The van der Waals surface area contributed by atoms with Crippen LogP contribution in [0.3, 0.4) is 0 Å². The van der Waals surface area contributed by atoms with Crippen LogP contribution in [0, 0.1) is 5.92 Å². The van der Waals surface area contributed by atoms with Crippen LogP contribution in [0.5, 0.6) is 0 Å². The Labute approximate surface area is 198 Å². The SMILES string of the molecule is CC.CC.COC1CCCCC1C1(C)OC1CC=C(C)C.O=C(O)NCCc1noc(=O)[nH]1. The van der Waals surface area contributed by atoms with Gasteiger partial charge in [-0.05, 0) is 40.0 Å². The van der Waals surface area contributed by atoms with Crippen molar-refractivity contribution in [3.8, 4) is 0 Å². The van der Waals surface area contributed by atoms with Gasteiger partial charge in [0.15, 0.2) is 5.82 Å². The smallest absolute Gasteiger partial charge is 0.438 e. The normalized spacial score (nSPS) is 25.0. The fourth-order valence-corrected chi connectivity index (χ4v) is 3.91. The number of allylic oxidation sites excluding steroid dienone is 1. The minimum absolute atomic E-state index is 0.0764. The van der Waals surface area contributed by atoms with Gasteiger partial charge in [-0.3, -0.25) is 9.51 Å². The molecule has 9 nitrogen and oxygen atoms in total. The number of nitrogens with one attached hydrogen (secondary N) is 2. The van der Waals surface area contributed by atoms with Crippen molar-refractivity contribution in [3.05, 3.63) is 28.0 Å². The second kappa shape index (κ2) is 16.5. The van der Waals surface area contributed by atoms with Crippen LogP contribution in [0.2, 0.25) is 0 Å². The second-order valence-corrected chi connectivity index (χ2v) is 8.00. The minimum Gasteiger partial charge on any atom is -0.465 e. The van der Waals surface area contributed by atoms with Crippen LogP contribution in [0.25, 0.3) is 0 Å². The Morgan fingerprint density at radius 2 is 1.91 bits per heavy atom. The molecule has 2 fully saturated rings. The Morgan fingerprint density at radius 1 is 1.27 bits per heavy atom. The largest absolute Gasteiger partial charge is 0.465 e. The number of nitrogens with zero attached hydrogens (tertiary/aromatic N) is 1. The van der Waals surface area contributed by atoms with E-state index in [2.05, 4.69) is 46.8 Å². The first-order valence-electron chi connectivity index (χ1n) is 12.1. The van der Waals surface area contributed by atoms with E-state index in [1.807, 2.05) is 34.8 Å². The average molecular weight is 472 g/mol. The highest BCUT2D eigenvalue weighted by Crippen LogP contribution is 2.50. The Kier molecular flexibility index (Phi) is 15.4. The van der Waals surface area contributed by atoms with E-state index in [9.17, 15) is 9.59 Å². The molecule has 4 atom stereocenters. The number of methoxy groups -OCH3 is 1. The van der Waals surface area contributed by atoms with Crippen LogP contribution in [0.1, 0.15) is 86.4 Å². The van der Waals surface area contributed by atoms with Crippen LogP contribution in [-0.2, 0) is 15.9 Å². The Hall–Kier alpha value is -2.13. The molecule has 192 valence electrons. The molecule has 1 aliphatic heterocycles. The van der Waals surface area contributed by atoms with E-state index in [0.29, 0.717) is 30.4 Å². The molecular weight excluding hydrogens is 426 g/mol. The van der Waals surface area contributed by atoms with Crippen molar-refractivity contribution >= 4 is 6.09 Å². The molecule has 3 rings (SSSR count). The van der Waals surface area contributed by atoms with Gasteiger partial charge in [-0.1, -0.05) is 57.3 Å². The molecule has 1 amide bonds. The summed E-state index contributed by atoms with van der Waals surface area (Å²) < 4.78 is 15.8. The third-order valence-corrected chi connectivity index (χ3v) is 5.58. The maximum atomic E-state index is 10.4. The highest BCUT2D eigenvalue weighted by Gasteiger charge is 2.58. The van der Waals surface area contributed by atoms with Gasteiger partial charge in [0.1, 0.15) is 0 Å². The van der Waals surface area contributed by atoms with Crippen molar-refractivity contribution in [2.24, 2.45) is 5.92 Å². The van der Waals surface area contributed by atoms with Crippen LogP contribution in [0.15, 0.2) is 21.0 Å². The quantitative estimate of drug-likeness (QED) is 0.379. The van der Waals surface area contributed by atoms with Gasteiger partial charge in [-0.25, -0.2) is 9.59 Å². The van der Waals surface area contributed by atoms with Gasteiger partial charge in [-0.15, -0.1) is 0 Å². The van der Waals surface area contributed by atoms with E-state index in [-0.39, 0.29) is 12.1 Å². The second-order valence-electron chi connectivity index (χ2n) is 8.00. The molecule has 0 radical (unpaired) electrons. The first-order chi connectivity index (χ1) is 15.8. The van der Waals surface area contributed by atoms with E-state index in [0.717, 1.165) is 6.42 Å². The number of amides is 1. The zero-order chi connectivity index (χ0) is 25.4. The van der Waals surface area contributed by atoms with Gasteiger partial charge in [-0.2, -0.15) is 0 Å². The lowest BCUT2D eigenvalue weighted by molar-refractivity contribution is -0.00777. The molecule has 0 spiro atoms. The van der Waals surface area contributed by atoms with E-state index in [4.69, 9.17) is 14.6 Å². The maximum Gasteiger partial charge on any atom is 0.438 e. The van der Waals surface area contributed by atoms with Crippen molar-refractivity contribution in [3.63, 3.8) is 0 Å². The van der Waals surface area contributed by atoms with Gasteiger partial charge in [0.25, 0.3) is 0 Å². The number of hydrogen-bond donors (Lipinski definition) is 3. The lowest BCUT2D eigenvalue weighted by Gasteiger charge is -2.33. The minimum atomic E-state index is -1.11. The zero-order valence-electron chi connectivity index (χ0n) is 21.7. The molecule has 1 aromatic rings. The molecular formula is C24H45N3O6. The predicted molar refractivity (Wildman–Crippen MR) is 130 cm³/mol. The highest BCUT2D eigenvalue weighted by atomic mass is 16.6. The molecule has 0 bridgehead atoms. The Bertz CT molecular complexity index is 741. The molecule has 2 aliphatic rings. The Balaban J connectivity index is 0.000000564. The summed E-state index contributed by atoms with van der Waals surface area (Å²) in [5.41, 5.74) is 1.46. The molecule has 1 saturated carbocycles. The Morgan fingerprint density at radius 3 is 2.42 bits per heavy atom. The molecule has 33 heavy (non-hydrogen) atoms. The zero-order valence-corrected chi connectivity index (χ0v) is 21.7. The predicted octanol–water partition coefficient (Wildman–Crippen LogP) is 4.93. The van der Waals surface area contributed by atoms with E-state index < -0.39 is 11.8 Å². The summed E-state index contributed by atoms with van der Waals surface area (Å²) >= 11 is 0. The summed E-state index contributed by atoms with van der Waals surface area (Å²) in [6, 6.07) is 0. The van der Waals surface area contributed by atoms with Gasteiger partial charge in [0.2, 0.25) is 0 Å². The van der Waals surface area contributed by atoms with Crippen molar-refractivity contribution in [2.45, 2.75) is 105 Å². The summed E-state index contributed by atoms with van der Waals surface area (Å²) in [6.07, 6.45) is 8.48. The lowest BCUT2D eigenvalue weighted by Crippen LogP contribution is -2.37. The number of hydrogen-bond acceptors (Lipinski definition) is 6. The number of rotatable bonds is 7. The monoisotopic (exact) mass is 471 g/mol. The number of H-pyrrole nitrogens is 1. The van der Waals surface area contributed by atoms with Crippen molar-refractivity contribution in [1.29, 1.82) is 0 Å². The van der Waals surface area contributed by atoms with E-state index in [1.165, 1.54) is 31.3 Å². The number of carboxylic acid groups (broad SMARTS) is 1. The van der Waals surface area contributed by atoms with E-state index >= 15 is 0 Å². The number of ether oxygens (including phenoxy) is 2. The first-order valence-corrected chi connectivity index (χ1v) is 12.1. The molecule has 4 unspecified atom stereocenters. The van der Waals surface area contributed by atoms with Gasteiger partial charge in [0.05, 0.1) is 17.8 Å². The number of epoxide rings is 1. The van der Waals surface area contributed by atoms with Gasteiger partial charge < -0.3 is 19.9 Å². The van der Waals surface area contributed by atoms with Crippen molar-refractivity contribution in [2.75, 3.05) is 13.7 Å². The molecule has 1 aliphatic carbocycles. The number of carbonyl (C=O) groups is 1. The summed E-state index contributed by atoms with van der Waals surface area (Å²) in [5.74, 6) is 0.283. The fourth-order valence-electron chi connectivity index (χ4n) is 3.91. The number of aromatic nitrogens is 2. The lowest BCUT2D eigenvalue weighted by atomic mass is 9.76. The molecule has 2 heterocycles. The molecule has 1 aromatic heterocycles. The molecule has 0 aromatic carbocycles. The average Bonchev–Trinajstić information content (AvgIpc) is 3.31. The first kappa shape index (κ1) is 30.9. The molecule has 3 N–H and O–H groups in total. The van der Waals surface area contributed by atoms with Gasteiger partial charge >= 0.3 is 11.8 Å². The summed E-state index contributed by atoms with van der Waals surface area (Å²) in [5, 5.41) is 13.6. The summed E-state index contributed by atoms with van der Waals surface area (Å²) in [6.45, 7) is 14.8. The van der Waals surface area contributed by atoms with Gasteiger partial charge in [0, 0.05) is 26.0 Å².